The number of nitrogens with zero attached hydrogens (tertiary/aromatic N) is 1. The Labute approximate surface area is 125 Å². The molecule has 21 heavy (non-hydrogen) atoms. The topological polar surface area (TPSA) is 58.6 Å². The van der Waals surface area contributed by atoms with Crippen molar-refractivity contribution in [1.82, 2.24) is 10.2 Å². The summed E-state index contributed by atoms with van der Waals surface area (Å²) in [7, 11) is 1.76. The molecule has 0 spiro atoms. The number of benzene rings is 1. The van der Waals surface area contributed by atoms with Crippen LogP contribution in [0.5, 0.6) is 0 Å². The van der Waals surface area contributed by atoms with Gasteiger partial charge in [0.1, 0.15) is 6.04 Å². The van der Waals surface area contributed by atoms with Crippen molar-refractivity contribution in [1.29, 1.82) is 0 Å². The fraction of sp³-hybridized carbons (Fsp3) is 0.500. The molecule has 0 unspecified atom stereocenters. The number of carbonyl (C=O) groups is 2. The second-order valence-electron chi connectivity index (χ2n) is 5.31. The van der Waals surface area contributed by atoms with Gasteiger partial charge in [0.05, 0.1) is 6.61 Å². The Morgan fingerprint density at radius 1 is 1.38 bits per heavy atom. The van der Waals surface area contributed by atoms with Gasteiger partial charge in [-0.05, 0) is 18.4 Å². The minimum atomic E-state index is -0.340. The lowest BCUT2D eigenvalue weighted by Crippen LogP contribution is -2.40. The fourth-order valence-corrected chi connectivity index (χ4v) is 2.32. The zero-order valence-electron chi connectivity index (χ0n) is 12.4. The molecule has 1 fully saturated rings. The molecule has 0 saturated carbocycles. The molecular formula is C16H22N2O3. The average Bonchev–Trinajstić information content (AvgIpc) is 2.80. The van der Waals surface area contributed by atoms with E-state index in [4.69, 9.17) is 4.74 Å². The van der Waals surface area contributed by atoms with Gasteiger partial charge in [-0.1, -0.05) is 30.3 Å². The maximum absolute atomic E-state index is 11.7. The summed E-state index contributed by atoms with van der Waals surface area (Å²) in [6.07, 6.45) is 1.75. The smallest absolute Gasteiger partial charge is 0.244 e. The van der Waals surface area contributed by atoms with Crippen LogP contribution in [0.2, 0.25) is 0 Å². The van der Waals surface area contributed by atoms with E-state index in [1.165, 1.54) is 0 Å². The van der Waals surface area contributed by atoms with Crippen molar-refractivity contribution < 1.29 is 14.3 Å². The molecule has 1 aliphatic heterocycles. The Bertz CT molecular complexity index is 476. The molecule has 5 heteroatoms. The second-order valence-corrected chi connectivity index (χ2v) is 5.31. The molecule has 5 nitrogen and oxygen atoms in total. The monoisotopic (exact) mass is 290 g/mol. The van der Waals surface area contributed by atoms with Crippen LogP contribution >= 0.6 is 0 Å². The van der Waals surface area contributed by atoms with Crippen LogP contribution < -0.4 is 5.32 Å². The lowest BCUT2D eigenvalue weighted by molar-refractivity contribution is -0.131. The Balaban J connectivity index is 1.56. The molecule has 2 amide bonds. The van der Waals surface area contributed by atoms with Gasteiger partial charge in [-0.15, -0.1) is 0 Å². The van der Waals surface area contributed by atoms with Gasteiger partial charge in [-0.25, -0.2) is 0 Å². The molecule has 1 aromatic rings. The van der Waals surface area contributed by atoms with Crippen LogP contribution in [0, 0.1) is 0 Å². The van der Waals surface area contributed by atoms with Gasteiger partial charge in [0.25, 0.3) is 0 Å². The van der Waals surface area contributed by atoms with Gasteiger partial charge >= 0.3 is 0 Å². The molecule has 2 rings (SSSR count). The molecule has 1 heterocycles. The highest BCUT2D eigenvalue weighted by atomic mass is 16.5. The molecule has 114 valence electrons. The summed E-state index contributed by atoms with van der Waals surface area (Å²) in [5.74, 6) is -0.0735. The van der Waals surface area contributed by atoms with E-state index in [9.17, 15) is 9.59 Å². The third-order valence-corrected chi connectivity index (χ3v) is 3.57. The second kappa shape index (κ2) is 7.78. The summed E-state index contributed by atoms with van der Waals surface area (Å²) in [6.45, 7) is 1.82. The van der Waals surface area contributed by atoms with Crippen molar-refractivity contribution in [3.05, 3.63) is 35.9 Å². The van der Waals surface area contributed by atoms with Crippen LogP contribution in [-0.2, 0) is 20.9 Å². The van der Waals surface area contributed by atoms with Gasteiger partial charge in [0, 0.05) is 26.6 Å². The highest BCUT2D eigenvalue weighted by Gasteiger charge is 2.29. The van der Waals surface area contributed by atoms with Crippen molar-refractivity contribution in [2.45, 2.75) is 31.9 Å². The number of hydrogen-bond acceptors (Lipinski definition) is 3. The summed E-state index contributed by atoms with van der Waals surface area (Å²) < 4.78 is 5.52. The SMILES string of the molecule is CN1CC[C@H](NC(=O)CCCOCc2ccccc2)C1=O. The first-order chi connectivity index (χ1) is 10.2. The number of nitrogens with one attached hydrogen (secondary N) is 1. The highest BCUT2D eigenvalue weighted by Crippen LogP contribution is 2.09. The van der Waals surface area contributed by atoms with E-state index in [0.29, 0.717) is 39.0 Å². The Hall–Kier alpha value is -1.88. The van der Waals surface area contributed by atoms with Crippen LogP contribution in [0.4, 0.5) is 0 Å². The molecule has 1 saturated heterocycles. The molecule has 0 bridgehead atoms. The molecule has 1 N–H and O–H groups in total. The number of hydrogen-bond donors (Lipinski definition) is 1. The lowest BCUT2D eigenvalue weighted by Gasteiger charge is -2.12. The first-order valence-corrected chi connectivity index (χ1v) is 7.33. The van der Waals surface area contributed by atoms with Crippen LogP contribution in [0.15, 0.2) is 30.3 Å². The number of ether oxygens (including phenoxy) is 1. The van der Waals surface area contributed by atoms with Crippen molar-refractivity contribution in [2.75, 3.05) is 20.2 Å². The zero-order valence-corrected chi connectivity index (χ0v) is 12.4. The number of rotatable bonds is 7. The van der Waals surface area contributed by atoms with Gasteiger partial charge in [-0.2, -0.15) is 0 Å². The van der Waals surface area contributed by atoms with Crippen LogP contribution in [-0.4, -0.2) is 43.0 Å². The summed E-state index contributed by atoms with van der Waals surface area (Å²) in [5.41, 5.74) is 1.13. The highest BCUT2D eigenvalue weighted by molar-refractivity contribution is 5.88. The molecule has 1 aliphatic rings. The Morgan fingerprint density at radius 2 is 2.14 bits per heavy atom. The third kappa shape index (κ3) is 4.86. The maximum atomic E-state index is 11.7. The maximum Gasteiger partial charge on any atom is 0.244 e. The average molecular weight is 290 g/mol. The number of likely N-dealkylation sites (N-methyl/N-ethyl adjacent to an activating group) is 1. The quantitative estimate of drug-likeness (QED) is 0.771. The van der Waals surface area contributed by atoms with Crippen LogP contribution in [0.1, 0.15) is 24.8 Å². The van der Waals surface area contributed by atoms with E-state index >= 15 is 0 Å². The number of carbonyl (C=O) groups excluding carboxylic acids is 2. The third-order valence-electron chi connectivity index (χ3n) is 3.57. The van der Waals surface area contributed by atoms with Crippen molar-refractivity contribution in [2.24, 2.45) is 0 Å². The first-order valence-electron chi connectivity index (χ1n) is 7.33. The van der Waals surface area contributed by atoms with Gasteiger partial charge < -0.3 is 15.0 Å². The Kier molecular flexibility index (Phi) is 5.75. The molecule has 1 atom stereocenters. The van der Waals surface area contributed by atoms with Gasteiger partial charge in [0.15, 0.2) is 0 Å². The normalized spacial score (nSPS) is 18.0. The molecular weight excluding hydrogens is 268 g/mol. The molecule has 1 aromatic carbocycles. The minimum absolute atomic E-state index is 0.00341. The van der Waals surface area contributed by atoms with Crippen molar-refractivity contribution in [3.8, 4) is 0 Å². The molecule has 0 aromatic heterocycles. The van der Waals surface area contributed by atoms with Gasteiger partial charge in [0.2, 0.25) is 11.8 Å². The standard InChI is InChI=1S/C16H22N2O3/c1-18-10-9-14(16(18)20)17-15(19)8-5-11-21-12-13-6-3-2-4-7-13/h2-4,6-7,14H,5,8-12H2,1H3,(H,17,19)/t14-/m0/s1. The number of likely N-dealkylation sites (tertiary alicyclic amines) is 1. The Morgan fingerprint density at radius 3 is 2.81 bits per heavy atom. The predicted molar refractivity (Wildman–Crippen MR) is 79.5 cm³/mol. The molecule has 0 aliphatic carbocycles. The van der Waals surface area contributed by atoms with E-state index in [0.717, 1.165) is 5.56 Å². The van der Waals surface area contributed by atoms with E-state index in [1.54, 1.807) is 11.9 Å². The van der Waals surface area contributed by atoms with Crippen molar-refractivity contribution >= 4 is 11.8 Å². The zero-order chi connectivity index (χ0) is 15.1. The molecule has 0 radical (unpaired) electrons. The first kappa shape index (κ1) is 15.5. The van der Waals surface area contributed by atoms with E-state index in [-0.39, 0.29) is 17.9 Å². The minimum Gasteiger partial charge on any atom is -0.377 e. The predicted octanol–water partition coefficient (Wildman–Crippen LogP) is 1.33. The van der Waals surface area contributed by atoms with Crippen molar-refractivity contribution in [3.63, 3.8) is 0 Å². The summed E-state index contributed by atoms with van der Waals surface area (Å²) in [6, 6.07) is 9.59. The van der Waals surface area contributed by atoms with Crippen LogP contribution in [0.25, 0.3) is 0 Å². The van der Waals surface area contributed by atoms with Gasteiger partial charge in [-0.3, -0.25) is 9.59 Å². The van der Waals surface area contributed by atoms with Crippen LogP contribution in [0.3, 0.4) is 0 Å². The lowest BCUT2D eigenvalue weighted by atomic mass is 10.2. The van der Waals surface area contributed by atoms with E-state index < -0.39 is 0 Å². The summed E-state index contributed by atoms with van der Waals surface area (Å²) in [5, 5.41) is 2.78. The summed E-state index contributed by atoms with van der Waals surface area (Å²) in [4.78, 5) is 25.1. The largest absolute Gasteiger partial charge is 0.377 e. The fourth-order valence-electron chi connectivity index (χ4n) is 2.32. The van der Waals surface area contributed by atoms with E-state index in [1.807, 2.05) is 30.3 Å². The number of amides is 2. The summed E-state index contributed by atoms with van der Waals surface area (Å²) >= 11 is 0. The van der Waals surface area contributed by atoms with E-state index in [2.05, 4.69) is 5.32 Å².